The van der Waals surface area contributed by atoms with Crippen LogP contribution in [0.5, 0.6) is 17.2 Å². The summed E-state index contributed by atoms with van der Waals surface area (Å²) in [5.41, 5.74) is 1.16. The van der Waals surface area contributed by atoms with E-state index < -0.39 is 0 Å². The fraction of sp³-hybridized carbons (Fsp3) is 0.200. The molecule has 0 atom stereocenters. The van der Waals surface area contributed by atoms with Crippen LogP contribution < -0.4 is 14.2 Å². The zero-order valence-corrected chi connectivity index (χ0v) is 15.5. The number of Topliss-reactive ketones (excluding diaryl/α,β-unsaturated/α-hetero) is 1. The molecule has 6 heteroatoms. The molecule has 1 fully saturated rings. The number of hydrogen-bond acceptors (Lipinski definition) is 5. The normalized spacial score (nSPS) is 17.0. The summed E-state index contributed by atoms with van der Waals surface area (Å²) in [6.07, 6.45) is 3.39. The van der Waals surface area contributed by atoms with E-state index in [4.69, 9.17) is 14.2 Å². The topological polar surface area (TPSA) is 61.8 Å². The number of carbonyl (C=O) groups is 2. The van der Waals surface area contributed by atoms with Gasteiger partial charge in [-0.2, -0.15) is 0 Å². The van der Waals surface area contributed by atoms with E-state index in [0.717, 1.165) is 22.9 Å². The largest absolute Gasteiger partial charge is 0.496 e. The maximum absolute atomic E-state index is 12.6. The Morgan fingerprint density at radius 1 is 1.23 bits per heavy atom. The van der Waals surface area contributed by atoms with Crippen LogP contribution in [0.2, 0.25) is 0 Å². The van der Waals surface area contributed by atoms with Crippen molar-refractivity contribution in [1.82, 2.24) is 0 Å². The van der Waals surface area contributed by atoms with Crippen LogP contribution in [0.4, 0.5) is 0 Å². The highest BCUT2D eigenvalue weighted by Gasteiger charge is 2.33. The predicted molar refractivity (Wildman–Crippen MR) is 98.4 cm³/mol. The molecular weight excluding hydrogens is 400 g/mol. The smallest absolute Gasteiger partial charge is 0.314 e. The Hall–Kier alpha value is -2.60. The van der Waals surface area contributed by atoms with Gasteiger partial charge in [-0.15, -0.1) is 0 Å². The summed E-state index contributed by atoms with van der Waals surface area (Å²) >= 11 is 3.41. The van der Waals surface area contributed by atoms with E-state index in [-0.39, 0.29) is 23.4 Å². The highest BCUT2D eigenvalue weighted by Crippen LogP contribution is 2.37. The molecule has 0 N–H and O–H groups in total. The summed E-state index contributed by atoms with van der Waals surface area (Å²) in [6.45, 7) is 0. The van der Waals surface area contributed by atoms with E-state index in [1.54, 1.807) is 37.5 Å². The first-order chi connectivity index (χ1) is 12.5. The second-order valence-corrected chi connectivity index (χ2v) is 7.10. The third kappa shape index (κ3) is 3.24. The maximum Gasteiger partial charge on any atom is 0.314 e. The molecule has 1 saturated carbocycles. The fourth-order valence-electron chi connectivity index (χ4n) is 2.71. The summed E-state index contributed by atoms with van der Waals surface area (Å²) in [5, 5.41) is 0. The molecule has 1 aliphatic carbocycles. The SMILES string of the molecule is COc1ccc(Br)cc1/C=C1\Oc2cc(OC(=O)C3CC3)ccc2C1=O. The quantitative estimate of drug-likeness (QED) is 0.421. The average molecular weight is 415 g/mol. The van der Waals surface area contributed by atoms with Crippen LogP contribution in [-0.4, -0.2) is 18.9 Å². The summed E-state index contributed by atoms with van der Waals surface area (Å²) in [7, 11) is 1.57. The fourth-order valence-corrected chi connectivity index (χ4v) is 3.09. The Balaban J connectivity index is 1.61. The zero-order valence-electron chi connectivity index (χ0n) is 14.0. The van der Waals surface area contributed by atoms with Crippen molar-refractivity contribution >= 4 is 33.8 Å². The number of benzene rings is 2. The Kier molecular flexibility index (Phi) is 4.28. The third-order valence-corrected chi connectivity index (χ3v) is 4.74. The number of methoxy groups -OCH3 is 1. The number of hydrogen-bond donors (Lipinski definition) is 0. The van der Waals surface area contributed by atoms with Crippen molar-refractivity contribution in [1.29, 1.82) is 0 Å². The second-order valence-electron chi connectivity index (χ2n) is 6.18. The Morgan fingerprint density at radius 3 is 2.77 bits per heavy atom. The van der Waals surface area contributed by atoms with Gasteiger partial charge in [0.15, 0.2) is 5.76 Å². The first-order valence-corrected chi connectivity index (χ1v) is 8.98. The Labute approximate surface area is 158 Å². The van der Waals surface area contributed by atoms with Crippen molar-refractivity contribution in [2.75, 3.05) is 7.11 Å². The molecule has 4 rings (SSSR count). The van der Waals surface area contributed by atoms with Crippen molar-refractivity contribution in [3.8, 4) is 17.2 Å². The van der Waals surface area contributed by atoms with Gasteiger partial charge in [-0.3, -0.25) is 9.59 Å². The minimum Gasteiger partial charge on any atom is -0.496 e. The van der Waals surface area contributed by atoms with E-state index >= 15 is 0 Å². The number of ether oxygens (including phenoxy) is 3. The van der Waals surface area contributed by atoms with Gasteiger partial charge < -0.3 is 14.2 Å². The van der Waals surface area contributed by atoms with Crippen LogP contribution >= 0.6 is 15.9 Å². The third-order valence-electron chi connectivity index (χ3n) is 4.25. The summed E-state index contributed by atoms with van der Waals surface area (Å²) in [4.78, 5) is 24.4. The number of esters is 1. The maximum atomic E-state index is 12.6. The van der Waals surface area contributed by atoms with E-state index in [1.165, 1.54) is 0 Å². The molecule has 0 saturated heterocycles. The van der Waals surface area contributed by atoms with Crippen LogP contribution in [0.15, 0.2) is 46.6 Å². The molecule has 0 spiro atoms. The molecule has 0 unspecified atom stereocenters. The van der Waals surface area contributed by atoms with Gasteiger partial charge >= 0.3 is 5.97 Å². The molecule has 0 bridgehead atoms. The minimum absolute atomic E-state index is 0.00486. The van der Waals surface area contributed by atoms with E-state index in [9.17, 15) is 9.59 Å². The van der Waals surface area contributed by atoms with Gasteiger partial charge in [0.25, 0.3) is 0 Å². The predicted octanol–water partition coefficient (Wildman–Crippen LogP) is 4.39. The molecule has 2 aromatic rings. The van der Waals surface area contributed by atoms with E-state index in [0.29, 0.717) is 22.8 Å². The van der Waals surface area contributed by atoms with Crippen LogP contribution in [-0.2, 0) is 4.79 Å². The molecule has 2 aromatic carbocycles. The molecule has 132 valence electrons. The lowest BCUT2D eigenvalue weighted by Crippen LogP contribution is -2.09. The molecular formula is C20H15BrO5. The lowest BCUT2D eigenvalue weighted by molar-refractivity contribution is -0.135. The van der Waals surface area contributed by atoms with Gasteiger partial charge in [-0.25, -0.2) is 0 Å². The number of halogens is 1. The minimum atomic E-state index is -0.232. The van der Waals surface area contributed by atoms with Gasteiger partial charge in [-0.1, -0.05) is 15.9 Å². The highest BCUT2D eigenvalue weighted by molar-refractivity contribution is 9.10. The molecule has 5 nitrogen and oxygen atoms in total. The van der Waals surface area contributed by atoms with Crippen LogP contribution in [0.3, 0.4) is 0 Å². The van der Waals surface area contributed by atoms with Crippen LogP contribution in [0.25, 0.3) is 6.08 Å². The van der Waals surface area contributed by atoms with Crippen molar-refractivity contribution in [2.45, 2.75) is 12.8 Å². The van der Waals surface area contributed by atoms with Gasteiger partial charge in [0.1, 0.15) is 17.2 Å². The molecule has 1 heterocycles. The van der Waals surface area contributed by atoms with E-state index in [2.05, 4.69) is 15.9 Å². The highest BCUT2D eigenvalue weighted by atomic mass is 79.9. The van der Waals surface area contributed by atoms with Gasteiger partial charge in [0.05, 0.1) is 18.6 Å². The number of ketones is 1. The van der Waals surface area contributed by atoms with E-state index in [1.807, 2.05) is 12.1 Å². The summed E-state index contributed by atoms with van der Waals surface area (Å²) in [6, 6.07) is 10.3. The first-order valence-electron chi connectivity index (χ1n) is 8.18. The average Bonchev–Trinajstić information content (AvgIpc) is 3.42. The van der Waals surface area contributed by atoms with Crippen molar-refractivity contribution in [3.63, 3.8) is 0 Å². The molecule has 1 aliphatic heterocycles. The molecule has 0 aromatic heterocycles. The molecule has 0 radical (unpaired) electrons. The molecule has 2 aliphatic rings. The summed E-state index contributed by atoms with van der Waals surface area (Å²) < 4.78 is 17.2. The number of allylic oxidation sites excluding steroid dienone is 1. The monoisotopic (exact) mass is 414 g/mol. The lowest BCUT2D eigenvalue weighted by atomic mass is 10.1. The second kappa shape index (κ2) is 6.61. The van der Waals surface area contributed by atoms with Gasteiger partial charge in [-0.05, 0) is 49.2 Å². The number of fused-ring (bicyclic) bond motifs is 1. The molecule has 26 heavy (non-hydrogen) atoms. The first kappa shape index (κ1) is 16.8. The van der Waals surface area contributed by atoms with Gasteiger partial charge in [0, 0.05) is 16.1 Å². The standard InChI is InChI=1S/C20H15BrO5/c1-24-16-7-4-13(21)8-12(16)9-18-19(22)15-6-5-14(10-17(15)26-18)25-20(23)11-2-3-11/h4-11H,2-3H2,1H3/b18-9-. The number of carbonyl (C=O) groups excluding carboxylic acids is 2. The van der Waals surface area contributed by atoms with Crippen LogP contribution in [0, 0.1) is 5.92 Å². The number of rotatable bonds is 4. The molecule has 0 amide bonds. The Morgan fingerprint density at radius 2 is 2.04 bits per heavy atom. The Bertz CT molecular complexity index is 943. The van der Waals surface area contributed by atoms with Crippen molar-refractivity contribution in [3.05, 3.63) is 57.8 Å². The van der Waals surface area contributed by atoms with Gasteiger partial charge in [0.2, 0.25) is 5.78 Å². The summed E-state index contributed by atoms with van der Waals surface area (Å²) in [5.74, 6) is 1.15. The van der Waals surface area contributed by atoms with Crippen molar-refractivity contribution < 1.29 is 23.8 Å². The van der Waals surface area contributed by atoms with Crippen molar-refractivity contribution in [2.24, 2.45) is 5.92 Å². The zero-order chi connectivity index (χ0) is 18.3. The van der Waals surface area contributed by atoms with Crippen LogP contribution in [0.1, 0.15) is 28.8 Å². The lowest BCUT2D eigenvalue weighted by Gasteiger charge is -2.06.